The van der Waals surface area contributed by atoms with Gasteiger partial charge in [-0.2, -0.15) is 0 Å². The molecule has 0 spiro atoms. The van der Waals surface area contributed by atoms with E-state index in [2.05, 4.69) is 113 Å². The summed E-state index contributed by atoms with van der Waals surface area (Å²) in [6.45, 7) is 22.6. The summed E-state index contributed by atoms with van der Waals surface area (Å²) < 4.78 is 28.6. The summed E-state index contributed by atoms with van der Waals surface area (Å²) in [5, 5.41) is 0. The normalized spacial score (nSPS) is 20.8. The van der Waals surface area contributed by atoms with E-state index in [-0.39, 0.29) is 36.6 Å². The lowest BCUT2D eigenvalue weighted by Gasteiger charge is -2.32. The topological polar surface area (TPSA) is 72.6 Å². The fourth-order valence-electron chi connectivity index (χ4n) is 4.91. The molecule has 10 heteroatoms. The number of hydrogen-bond acceptors (Lipinski definition) is 6. The number of fused-ring (bicyclic) bond motifs is 2. The van der Waals surface area contributed by atoms with Gasteiger partial charge in [0, 0.05) is 13.1 Å². The van der Waals surface area contributed by atoms with Gasteiger partial charge in [-0.15, -0.1) is 0 Å². The molecule has 2 aliphatic rings. The van der Waals surface area contributed by atoms with E-state index < -0.39 is 0 Å². The lowest BCUT2D eigenvalue weighted by atomic mass is 9.79. The molecule has 8 nitrogen and oxygen atoms in total. The summed E-state index contributed by atoms with van der Waals surface area (Å²) in [5.41, 5.74) is 5.10. The van der Waals surface area contributed by atoms with Gasteiger partial charge in [0.1, 0.15) is 0 Å². The Balaban J connectivity index is 0.000000161. The monoisotopic (exact) mass is 544 g/mol. The van der Waals surface area contributed by atoms with Crippen LogP contribution in [-0.2, 0) is 31.7 Å². The van der Waals surface area contributed by atoms with Crippen LogP contribution in [0.3, 0.4) is 0 Å². The maximum atomic E-state index is 6.10. The molecule has 0 aliphatic carbocycles. The first-order valence-electron chi connectivity index (χ1n) is 14.3. The fraction of sp³-hybridized carbons (Fsp3) is 0.533. The Morgan fingerprint density at radius 1 is 0.575 bits per heavy atom. The van der Waals surface area contributed by atoms with Crippen LogP contribution in [-0.4, -0.2) is 55.7 Å². The van der Waals surface area contributed by atoms with Crippen LogP contribution in [0.25, 0.3) is 22.1 Å². The molecule has 4 heterocycles. The second-order valence-electron chi connectivity index (χ2n) is 12.7. The first-order chi connectivity index (χ1) is 18.7. The summed E-state index contributed by atoms with van der Waals surface area (Å²) in [7, 11) is -0.638. The van der Waals surface area contributed by atoms with Crippen molar-refractivity contribution in [2.24, 2.45) is 0 Å². The van der Waals surface area contributed by atoms with Crippen molar-refractivity contribution in [3.63, 3.8) is 0 Å². The van der Waals surface area contributed by atoms with Crippen molar-refractivity contribution < 1.29 is 18.6 Å². The standard InChI is InChI=1S/2C15H21BN2O2/c1-6-18-10-17-12-9-11(7-8-13(12)18)16-19-14(2,3)15(4,5)20-16;1-6-18-10-17-12-8-7-11(9-13(12)18)16-19-14(2,3)15(4,5)20-16/h2*7-10H,6H2,1-5H3. The predicted octanol–water partition coefficient (Wildman–Crippen LogP) is 4.71. The van der Waals surface area contributed by atoms with Gasteiger partial charge in [-0.1, -0.05) is 12.1 Å². The molecule has 40 heavy (non-hydrogen) atoms. The third kappa shape index (κ3) is 5.00. The maximum absolute atomic E-state index is 6.10. The third-order valence-electron chi connectivity index (χ3n) is 9.02. The van der Waals surface area contributed by atoms with Crippen LogP contribution in [0, 0.1) is 0 Å². The number of aromatic nitrogens is 4. The summed E-state index contributed by atoms with van der Waals surface area (Å²) in [4.78, 5) is 8.84. The van der Waals surface area contributed by atoms with Gasteiger partial charge in [0.05, 0.1) is 57.1 Å². The van der Waals surface area contributed by atoms with E-state index in [1.54, 1.807) is 0 Å². The molecule has 2 aromatic heterocycles. The molecule has 6 rings (SSSR count). The Kier molecular flexibility index (Phi) is 7.23. The van der Waals surface area contributed by atoms with Crippen LogP contribution >= 0.6 is 0 Å². The van der Waals surface area contributed by atoms with Gasteiger partial charge in [0.15, 0.2) is 0 Å². The largest absolute Gasteiger partial charge is 0.494 e. The van der Waals surface area contributed by atoms with Crippen LogP contribution in [0.1, 0.15) is 69.2 Å². The zero-order valence-corrected chi connectivity index (χ0v) is 25.6. The summed E-state index contributed by atoms with van der Waals surface area (Å²) in [6.07, 6.45) is 3.75. The van der Waals surface area contributed by atoms with E-state index in [9.17, 15) is 0 Å². The minimum Gasteiger partial charge on any atom is -0.399 e. The Labute approximate surface area is 238 Å². The highest BCUT2D eigenvalue weighted by Gasteiger charge is 2.52. The van der Waals surface area contributed by atoms with Gasteiger partial charge in [-0.05, 0) is 104 Å². The number of aryl methyl sites for hydroxylation is 2. The Bertz CT molecular complexity index is 1490. The molecule has 212 valence electrons. The SMILES string of the molecule is CCn1cnc2cc(B3OC(C)(C)C(C)(C)O3)ccc21.CCn1cnc2ccc(B3OC(C)(C)C(C)(C)O3)cc21. The maximum Gasteiger partial charge on any atom is 0.494 e. The van der Waals surface area contributed by atoms with Crippen LogP contribution in [0.15, 0.2) is 49.1 Å². The number of benzene rings is 2. The summed E-state index contributed by atoms with van der Waals surface area (Å²) in [5.74, 6) is 0. The van der Waals surface area contributed by atoms with Crippen molar-refractivity contribution in [3.8, 4) is 0 Å². The smallest absolute Gasteiger partial charge is 0.399 e. The number of nitrogens with zero attached hydrogens (tertiary/aromatic N) is 4. The molecule has 2 saturated heterocycles. The molecular weight excluding hydrogens is 502 g/mol. The van der Waals surface area contributed by atoms with Crippen molar-refractivity contribution in [2.45, 2.75) is 105 Å². The molecule has 0 atom stereocenters. The fourth-order valence-corrected chi connectivity index (χ4v) is 4.91. The highest BCUT2D eigenvalue weighted by Crippen LogP contribution is 2.37. The highest BCUT2D eigenvalue weighted by atomic mass is 16.7. The lowest BCUT2D eigenvalue weighted by Crippen LogP contribution is -2.41. The van der Waals surface area contributed by atoms with Crippen molar-refractivity contribution in [1.82, 2.24) is 19.1 Å². The predicted molar refractivity (Wildman–Crippen MR) is 162 cm³/mol. The van der Waals surface area contributed by atoms with Crippen molar-refractivity contribution in [3.05, 3.63) is 49.1 Å². The molecular formula is C30H42B2N4O4. The zero-order chi connectivity index (χ0) is 29.1. The van der Waals surface area contributed by atoms with E-state index in [1.165, 1.54) is 0 Å². The van der Waals surface area contributed by atoms with E-state index in [4.69, 9.17) is 18.6 Å². The molecule has 0 radical (unpaired) electrons. The van der Waals surface area contributed by atoms with Crippen LogP contribution < -0.4 is 10.9 Å². The van der Waals surface area contributed by atoms with Gasteiger partial charge in [0.2, 0.25) is 0 Å². The molecule has 4 aromatic rings. The van der Waals surface area contributed by atoms with Gasteiger partial charge in [-0.25, -0.2) is 9.97 Å². The summed E-state index contributed by atoms with van der Waals surface area (Å²) >= 11 is 0. The quantitative estimate of drug-likeness (QED) is 0.347. The van der Waals surface area contributed by atoms with E-state index >= 15 is 0 Å². The second-order valence-corrected chi connectivity index (χ2v) is 12.7. The highest BCUT2D eigenvalue weighted by molar-refractivity contribution is 6.62. The number of rotatable bonds is 4. The Morgan fingerprint density at radius 3 is 1.50 bits per heavy atom. The van der Waals surface area contributed by atoms with Crippen LogP contribution in [0.4, 0.5) is 0 Å². The van der Waals surface area contributed by atoms with Crippen LogP contribution in [0.2, 0.25) is 0 Å². The number of imidazole rings is 2. The first kappa shape index (κ1) is 28.9. The molecule has 0 saturated carbocycles. The van der Waals surface area contributed by atoms with Gasteiger partial charge in [-0.3, -0.25) is 0 Å². The molecule has 0 unspecified atom stereocenters. The second kappa shape index (κ2) is 10.0. The minimum absolute atomic E-state index is 0.308. The third-order valence-corrected chi connectivity index (χ3v) is 9.02. The van der Waals surface area contributed by atoms with Crippen molar-refractivity contribution in [1.29, 1.82) is 0 Å². The van der Waals surface area contributed by atoms with E-state index in [1.807, 2.05) is 24.8 Å². The first-order valence-corrected chi connectivity index (χ1v) is 14.3. The van der Waals surface area contributed by atoms with Crippen molar-refractivity contribution in [2.75, 3.05) is 0 Å². The molecule has 0 bridgehead atoms. The average Bonchev–Trinajstić information content (AvgIpc) is 3.60. The Morgan fingerprint density at radius 2 is 1.00 bits per heavy atom. The van der Waals surface area contributed by atoms with E-state index in [0.717, 1.165) is 46.1 Å². The van der Waals surface area contributed by atoms with Gasteiger partial charge < -0.3 is 27.8 Å². The average molecular weight is 544 g/mol. The molecule has 2 fully saturated rings. The lowest BCUT2D eigenvalue weighted by molar-refractivity contribution is 0.00578. The summed E-state index contributed by atoms with van der Waals surface area (Å²) in [6, 6.07) is 12.4. The van der Waals surface area contributed by atoms with Gasteiger partial charge in [0.25, 0.3) is 0 Å². The van der Waals surface area contributed by atoms with E-state index in [0.29, 0.717) is 0 Å². The number of hydrogen-bond donors (Lipinski definition) is 0. The Hall–Kier alpha value is -2.65. The molecule has 2 aromatic carbocycles. The molecule has 0 amide bonds. The van der Waals surface area contributed by atoms with Gasteiger partial charge >= 0.3 is 14.2 Å². The van der Waals surface area contributed by atoms with Crippen molar-refractivity contribution >= 4 is 47.2 Å². The van der Waals surface area contributed by atoms with Crippen LogP contribution in [0.5, 0.6) is 0 Å². The zero-order valence-electron chi connectivity index (χ0n) is 25.6. The minimum atomic E-state index is -0.323. The molecule has 2 aliphatic heterocycles. The molecule has 0 N–H and O–H groups in total.